The Morgan fingerprint density at radius 2 is 1.67 bits per heavy atom. The summed E-state index contributed by atoms with van der Waals surface area (Å²) in [5.41, 5.74) is 8.58. The molecule has 1 saturated heterocycles. The molecule has 256 valence electrons. The van der Waals surface area contributed by atoms with Gasteiger partial charge in [0.15, 0.2) is 6.10 Å². The van der Waals surface area contributed by atoms with E-state index in [-0.39, 0.29) is 10.8 Å². The van der Waals surface area contributed by atoms with Crippen molar-refractivity contribution in [1.29, 1.82) is 0 Å². The molecule has 2 aliphatic heterocycles. The molecule has 6 rings (SSSR count). The molecule has 1 N–H and O–H groups in total. The summed E-state index contributed by atoms with van der Waals surface area (Å²) in [6.45, 7) is 24.4. The molecule has 5 heterocycles. The van der Waals surface area contributed by atoms with Gasteiger partial charge in [-0.15, -0.1) is 11.3 Å². The van der Waals surface area contributed by atoms with Crippen LogP contribution in [0.2, 0.25) is 0 Å². The first-order chi connectivity index (χ1) is 22.4. The molecule has 1 aromatic carbocycles. The van der Waals surface area contributed by atoms with Crippen molar-refractivity contribution in [3.05, 3.63) is 63.5 Å². The average molecular weight is 670 g/mol. The number of fused-ring (bicyclic) bond motifs is 2. The molecular formula is C39H51N5O3S. The largest absolute Gasteiger partial charge is 0.479 e. The number of benzene rings is 1. The normalized spacial score (nSPS) is 17.5. The number of aliphatic carboxylic acids is 1. The number of thiophene rings is 1. The fourth-order valence-electron chi connectivity index (χ4n) is 7.08. The third-order valence-corrected chi connectivity index (χ3v) is 11.4. The van der Waals surface area contributed by atoms with Gasteiger partial charge in [-0.1, -0.05) is 52.8 Å². The van der Waals surface area contributed by atoms with Crippen LogP contribution < -0.4 is 9.80 Å². The Morgan fingerprint density at radius 3 is 2.31 bits per heavy atom. The Bertz CT molecular complexity index is 1860. The quantitative estimate of drug-likeness (QED) is 0.218. The molecule has 9 heteroatoms. The van der Waals surface area contributed by atoms with Gasteiger partial charge in [0.2, 0.25) is 0 Å². The fraction of sp³-hybridized carbons (Fsp3) is 0.538. The van der Waals surface area contributed by atoms with Crippen molar-refractivity contribution in [1.82, 2.24) is 15.0 Å². The molecule has 0 radical (unpaired) electrons. The number of carboxylic acids is 1. The Kier molecular flexibility index (Phi) is 8.86. The average Bonchev–Trinajstić information content (AvgIpc) is 3.45. The van der Waals surface area contributed by atoms with Crippen LogP contribution in [0.4, 0.5) is 11.5 Å². The van der Waals surface area contributed by atoms with Gasteiger partial charge in [0.25, 0.3) is 0 Å². The van der Waals surface area contributed by atoms with E-state index in [2.05, 4.69) is 80.6 Å². The van der Waals surface area contributed by atoms with E-state index in [4.69, 9.17) is 14.7 Å². The van der Waals surface area contributed by atoms with E-state index in [0.29, 0.717) is 11.3 Å². The predicted molar refractivity (Wildman–Crippen MR) is 196 cm³/mol. The van der Waals surface area contributed by atoms with Crippen LogP contribution in [0.5, 0.6) is 0 Å². The molecule has 3 aromatic heterocycles. The standard InChI is InChI=1S/C39H51N5O3S/c1-23-30(32(43-17-14-39(9,10)15-18-43)31(24(2)42-23)33(36(45)46)47-38(6,7)8)26-11-12-27-21-44(16-13-25(27)19-26)35-34-28(40-22-41-35)20-29(48-34)37(3,4)5/h11-12,19-20,22,33H,13-18,21H2,1-10H3,(H,45,46)/t33-/m0/s1. The Balaban J connectivity index is 1.42. The van der Waals surface area contributed by atoms with Gasteiger partial charge in [0, 0.05) is 53.6 Å². The lowest BCUT2D eigenvalue weighted by Crippen LogP contribution is -2.39. The minimum atomic E-state index is -1.13. The number of hydrogen-bond acceptors (Lipinski definition) is 8. The van der Waals surface area contributed by atoms with Gasteiger partial charge in [-0.2, -0.15) is 0 Å². The van der Waals surface area contributed by atoms with E-state index in [1.54, 1.807) is 17.7 Å². The highest BCUT2D eigenvalue weighted by Gasteiger charge is 2.37. The highest BCUT2D eigenvalue weighted by atomic mass is 32.1. The van der Waals surface area contributed by atoms with Gasteiger partial charge < -0.3 is 19.6 Å². The van der Waals surface area contributed by atoms with Crippen LogP contribution in [0.3, 0.4) is 0 Å². The number of hydrogen-bond donors (Lipinski definition) is 1. The fourth-order valence-corrected chi connectivity index (χ4v) is 8.27. The highest BCUT2D eigenvalue weighted by Crippen LogP contribution is 2.46. The zero-order valence-electron chi connectivity index (χ0n) is 30.3. The second-order valence-electron chi connectivity index (χ2n) is 16.4. The lowest BCUT2D eigenvalue weighted by Gasteiger charge is -2.41. The molecule has 1 atom stereocenters. The van der Waals surface area contributed by atoms with Crippen LogP contribution in [0.15, 0.2) is 30.6 Å². The number of ether oxygens (including phenoxy) is 1. The van der Waals surface area contributed by atoms with Crippen LogP contribution in [-0.4, -0.2) is 51.3 Å². The first kappa shape index (κ1) is 34.3. The van der Waals surface area contributed by atoms with Crippen molar-refractivity contribution < 1.29 is 14.6 Å². The lowest BCUT2D eigenvalue weighted by atomic mass is 9.81. The van der Waals surface area contributed by atoms with Crippen LogP contribution in [0.25, 0.3) is 21.3 Å². The number of rotatable bonds is 6. The summed E-state index contributed by atoms with van der Waals surface area (Å²) in [6, 6.07) is 8.96. The number of aromatic nitrogens is 3. The number of anilines is 2. The summed E-state index contributed by atoms with van der Waals surface area (Å²) in [4.78, 5) is 33.3. The van der Waals surface area contributed by atoms with E-state index in [9.17, 15) is 9.90 Å². The van der Waals surface area contributed by atoms with E-state index in [1.165, 1.54) is 16.0 Å². The van der Waals surface area contributed by atoms with E-state index < -0.39 is 17.7 Å². The van der Waals surface area contributed by atoms with Crippen molar-refractivity contribution in [2.75, 3.05) is 29.4 Å². The maximum Gasteiger partial charge on any atom is 0.337 e. The van der Waals surface area contributed by atoms with E-state index in [0.717, 1.165) is 84.0 Å². The monoisotopic (exact) mass is 669 g/mol. The maximum absolute atomic E-state index is 12.9. The molecule has 8 nitrogen and oxygen atoms in total. The van der Waals surface area contributed by atoms with Crippen molar-refractivity contribution in [3.8, 4) is 11.1 Å². The second-order valence-corrected chi connectivity index (χ2v) is 17.5. The molecule has 1 fully saturated rings. The van der Waals surface area contributed by atoms with Crippen LogP contribution in [-0.2, 0) is 27.9 Å². The number of carbonyl (C=O) groups is 1. The van der Waals surface area contributed by atoms with E-state index in [1.807, 2.05) is 27.7 Å². The molecule has 0 unspecified atom stereocenters. The third-order valence-electron chi connectivity index (χ3n) is 9.81. The number of carboxylic acid groups (broad SMARTS) is 1. The molecule has 0 saturated carbocycles. The van der Waals surface area contributed by atoms with Crippen molar-refractivity contribution in [2.24, 2.45) is 5.41 Å². The highest BCUT2D eigenvalue weighted by molar-refractivity contribution is 7.19. The molecule has 0 amide bonds. The summed E-state index contributed by atoms with van der Waals surface area (Å²) in [7, 11) is 0. The minimum Gasteiger partial charge on any atom is -0.479 e. The molecule has 4 aromatic rings. The predicted octanol–water partition coefficient (Wildman–Crippen LogP) is 8.80. The zero-order chi connectivity index (χ0) is 34.8. The molecule has 48 heavy (non-hydrogen) atoms. The summed E-state index contributed by atoms with van der Waals surface area (Å²) in [6.07, 6.45) is 3.50. The Labute approximate surface area is 289 Å². The molecule has 0 aliphatic carbocycles. The summed E-state index contributed by atoms with van der Waals surface area (Å²) in [5.74, 6) is 0.0141. The molecule has 0 spiro atoms. The van der Waals surface area contributed by atoms with Gasteiger partial charge in [0.1, 0.15) is 12.1 Å². The number of nitrogens with zero attached hydrogens (tertiary/aromatic N) is 5. The SMILES string of the molecule is Cc1nc(C)c([C@H](OC(C)(C)C)C(=O)O)c(N2CCC(C)(C)CC2)c1-c1ccc2c(c1)CCN(c1ncnc3cc(C(C)(C)C)sc13)C2. The molecular weight excluding hydrogens is 619 g/mol. The third kappa shape index (κ3) is 6.81. The lowest BCUT2D eigenvalue weighted by molar-refractivity contribution is -0.160. The topological polar surface area (TPSA) is 91.7 Å². The van der Waals surface area contributed by atoms with E-state index >= 15 is 0 Å². The van der Waals surface area contributed by atoms with Gasteiger partial charge in [-0.3, -0.25) is 4.98 Å². The maximum atomic E-state index is 12.9. The Hall–Kier alpha value is -3.56. The van der Waals surface area contributed by atoms with Crippen LogP contribution in [0, 0.1) is 19.3 Å². The van der Waals surface area contributed by atoms with Crippen LogP contribution >= 0.6 is 11.3 Å². The summed E-state index contributed by atoms with van der Waals surface area (Å²) >= 11 is 1.80. The van der Waals surface area contributed by atoms with Crippen molar-refractivity contribution >= 4 is 39.0 Å². The molecule has 2 aliphatic rings. The minimum absolute atomic E-state index is 0.0585. The number of aryl methyl sites for hydroxylation is 2. The molecule has 0 bridgehead atoms. The number of piperidine rings is 1. The first-order valence-electron chi connectivity index (χ1n) is 17.2. The van der Waals surface area contributed by atoms with Gasteiger partial charge in [0.05, 0.1) is 21.5 Å². The summed E-state index contributed by atoms with van der Waals surface area (Å²) in [5, 5.41) is 10.6. The van der Waals surface area contributed by atoms with Gasteiger partial charge >= 0.3 is 5.97 Å². The summed E-state index contributed by atoms with van der Waals surface area (Å²) < 4.78 is 7.43. The van der Waals surface area contributed by atoms with Crippen LogP contribution in [0.1, 0.15) is 107 Å². The number of pyridine rings is 1. The van der Waals surface area contributed by atoms with Crippen molar-refractivity contribution in [2.45, 2.75) is 112 Å². The first-order valence-corrected chi connectivity index (χ1v) is 18.0. The van der Waals surface area contributed by atoms with Gasteiger partial charge in [-0.25, -0.2) is 14.8 Å². The van der Waals surface area contributed by atoms with Gasteiger partial charge in [-0.05, 0) is 87.5 Å². The smallest absolute Gasteiger partial charge is 0.337 e. The Morgan fingerprint density at radius 1 is 0.958 bits per heavy atom. The van der Waals surface area contributed by atoms with Crippen molar-refractivity contribution in [3.63, 3.8) is 0 Å². The second kappa shape index (κ2) is 12.4. The zero-order valence-corrected chi connectivity index (χ0v) is 31.1.